The minimum atomic E-state index is -0.199. The topological polar surface area (TPSA) is 41.9 Å². The molecule has 0 amide bonds. The molecule has 0 saturated carbocycles. The molecule has 0 heterocycles. The largest absolute Gasteiger partial charge is 0.466 e. The van der Waals surface area contributed by atoms with Gasteiger partial charge in [0.05, 0.1) is 19.6 Å². The van der Waals surface area contributed by atoms with Crippen LogP contribution in [0.2, 0.25) is 0 Å². The summed E-state index contributed by atoms with van der Waals surface area (Å²) in [7, 11) is 0. The third-order valence-electron chi connectivity index (χ3n) is 1.71. The zero-order valence-corrected chi connectivity index (χ0v) is 9.61. The van der Waals surface area contributed by atoms with E-state index in [1.165, 1.54) is 0 Å². The number of hydrogen-bond acceptors (Lipinski definition) is 4. The number of carbonyl (C=O) groups excluding carboxylic acids is 1. The van der Waals surface area contributed by atoms with E-state index < -0.39 is 0 Å². The first-order valence-electron chi connectivity index (χ1n) is 5.31. The van der Waals surface area contributed by atoms with Crippen molar-refractivity contribution >= 4 is 12.2 Å². The molecule has 0 bridgehead atoms. The predicted molar refractivity (Wildman–Crippen MR) is 61.6 cm³/mol. The van der Waals surface area contributed by atoms with Gasteiger partial charge in [-0.25, -0.2) is 0 Å². The lowest BCUT2D eigenvalue weighted by Gasteiger charge is -2.12. The highest BCUT2D eigenvalue weighted by molar-refractivity contribution is 5.69. The summed E-state index contributed by atoms with van der Waals surface area (Å²) in [5.74, 6) is -0.199. The molecular formula is C11H20N2O2. The van der Waals surface area contributed by atoms with E-state index in [0.717, 1.165) is 12.8 Å². The first-order chi connectivity index (χ1) is 7.24. The average molecular weight is 212 g/mol. The van der Waals surface area contributed by atoms with Crippen LogP contribution in [0.5, 0.6) is 0 Å². The predicted octanol–water partition coefficient (Wildman–Crippen LogP) is 2.17. The molecule has 0 aromatic heterocycles. The molecule has 0 aromatic rings. The summed E-state index contributed by atoms with van der Waals surface area (Å²) in [5, 5.41) is 5.79. The molecule has 0 aliphatic heterocycles. The summed E-state index contributed by atoms with van der Waals surface area (Å²) in [6.45, 7) is 8.44. The van der Waals surface area contributed by atoms with Crippen LogP contribution in [-0.4, -0.2) is 30.3 Å². The third-order valence-corrected chi connectivity index (χ3v) is 1.71. The number of nitrogens with zero attached hydrogens (tertiary/aromatic N) is 2. The zero-order valence-electron chi connectivity index (χ0n) is 9.61. The molecule has 0 radical (unpaired) electrons. The van der Waals surface area contributed by atoms with Crippen molar-refractivity contribution in [3.05, 3.63) is 12.8 Å². The Kier molecular flexibility index (Phi) is 8.43. The normalized spacial score (nSPS) is 10.3. The van der Waals surface area contributed by atoms with Crippen molar-refractivity contribution in [3.63, 3.8) is 0 Å². The minimum absolute atomic E-state index is 0.199. The number of esters is 1. The molecule has 0 N–H and O–H groups in total. The average Bonchev–Trinajstić information content (AvgIpc) is 2.23. The van der Waals surface area contributed by atoms with E-state index in [0.29, 0.717) is 19.6 Å². The third kappa shape index (κ3) is 7.73. The molecule has 0 aliphatic rings. The van der Waals surface area contributed by atoms with Crippen molar-refractivity contribution in [2.24, 2.45) is 5.10 Å². The van der Waals surface area contributed by atoms with Gasteiger partial charge in [-0.1, -0.05) is 19.9 Å². The van der Waals surface area contributed by atoms with Crippen LogP contribution < -0.4 is 0 Å². The van der Waals surface area contributed by atoms with Crippen molar-refractivity contribution in [1.82, 2.24) is 5.01 Å². The smallest absolute Gasteiger partial charge is 0.307 e. The Morgan fingerprint density at radius 2 is 2.27 bits per heavy atom. The standard InChI is InChI=1S/C11H20N2O2/c1-4-7-9-12-13(5-2)10-8-11(14)15-6-3/h5,9H,2,4,6-8,10H2,1,3H3/b12-9-. The molecule has 4 heteroatoms. The fourth-order valence-corrected chi connectivity index (χ4v) is 0.927. The second-order valence-corrected chi connectivity index (χ2v) is 2.99. The Hall–Kier alpha value is -1.32. The molecular weight excluding hydrogens is 192 g/mol. The molecule has 0 atom stereocenters. The first-order valence-corrected chi connectivity index (χ1v) is 5.31. The maximum absolute atomic E-state index is 11.1. The van der Waals surface area contributed by atoms with Gasteiger partial charge in [-0.3, -0.25) is 9.80 Å². The summed E-state index contributed by atoms with van der Waals surface area (Å²) in [6, 6.07) is 0. The monoisotopic (exact) mass is 212 g/mol. The van der Waals surface area contributed by atoms with E-state index in [9.17, 15) is 4.79 Å². The Morgan fingerprint density at radius 3 is 2.80 bits per heavy atom. The van der Waals surface area contributed by atoms with Crippen LogP contribution in [0.1, 0.15) is 33.1 Å². The summed E-state index contributed by atoms with van der Waals surface area (Å²) in [5.41, 5.74) is 0. The molecule has 0 aliphatic carbocycles. The van der Waals surface area contributed by atoms with Crippen molar-refractivity contribution in [3.8, 4) is 0 Å². The first kappa shape index (κ1) is 13.7. The molecule has 0 fully saturated rings. The van der Waals surface area contributed by atoms with Gasteiger partial charge < -0.3 is 4.74 Å². The molecule has 4 nitrogen and oxygen atoms in total. The second-order valence-electron chi connectivity index (χ2n) is 2.99. The Labute approximate surface area is 91.6 Å². The number of carbonyl (C=O) groups is 1. The molecule has 0 unspecified atom stereocenters. The van der Waals surface area contributed by atoms with Gasteiger partial charge in [0.25, 0.3) is 0 Å². The lowest BCUT2D eigenvalue weighted by atomic mass is 10.4. The number of ether oxygens (including phenoxy) is 1. The summed E-state index contributed by atoms with van der Waals surface area (Å²) >= 11 is 0. The van der Waals surface area contributed by atoms with Crippen molar-refractivity contribution in [2.75, 3.05) is 13.2 Å². The van der Waals surface area contributed by atoms with E-state index >= 15 is 0 Å². The lowest BCUT2D eigenvalue weighted by molar-refractivity contribution is -0.143. The highest BCUT2D eigenvalue weighted by Gasteiger charge is 2.03. The van der Waals surface area contributed by atoms with E-state index in [2.05, 4.69) is 18.6 Å². The van der Waals surface area contributed by atoms with E-state index in [4.69, 9.17) is 4.74 Å². The fraction of sp³-hybridized carbons (Fsp3) is 0.636. The van der Waals surface area contributed by atoms with Gasteiger partial charge in [0.15, 0.2) is 0 Å². The van der Waals surface area contributed by atoms with E-state index in [1.807, 2.05) is 6.21 Å². The van der Waals surface area contributed by atoms with E-state index in [1.54, 1.807) is 18.1 Å². The highest BCUT2D eigenvalue weighted by atomic mass is 16.5. The quantitative estimate of drug-likeness (QED) is 0.352. The number of rotatable bonds is 8. The van der Waals surface area contributed by atoms with Gasteiger partial charge in [-0.05, 0) is 13.3 Å². The molecule has 0 rings (SSSR count). The van der Waals surface area contributed by atoms with Crippen LogP contribution in [0.4, 0.5) is 0 Å². The SMILES string of the molecule is C=CN(CCC(=O)OCC)/N=C\CCC. The summed E-state index contributed by atoms with van der Waals surface area (Å²) in [4.78, 5) is 11.1. The maximum Gasteiger partial charge on any atom is 0.307 e. The summed E-state index contributed by atoms with van der Waals surface area (Å²) < 4.78 is 4.81. The van der Waals surface area contributed by atoms with Gasteiger partial charge in [-0.15, -0.1) is 0 Å². The lowest BCUT2D eigenvalue weighted by Crippen LogP contribution is -2.16. The number of hydrazone groups is 1. The van der Waals surface area contributed by atoms with Crippen molar-refractivity contribution in [2.45, 2.75) is 33.1 Å². The van der Waals surface area contributed by atoms with Gasteiger partial charge in [-0.2, -0.15) is 5.10 Å². The molecule has 0 saturated heterocycles. The van der Waals surface area contributed by atoms with Crippen LogP contribution in [0.15, 0.2) is 17.9 Å². The van der Waals surface area contributed by atoms with Crippen LogP contribution >= 0.6 is 0 Å². The Bertz CT molecular complexity index is 215. The van der Waals surface area contributed by atoms with Crippen molar-refractivity contribution < 1.29 is 9.53 Å². The molecule has 15 heavy (non-hydrogen) atoms. The molecule has 86 valence electrons. The summed E-state index contributed by atoms with van der Waals surface area (Å²) in [6.07, 6.45) is 5.76. The van der Waals surface area contributed by atoms with Crippen molar-refractivity contribution in [1.29, 1.82) is 0 Å². The van der Waals surface area contributed by atoms with Crippen LogP contribution in [0.3, 0.4) is 0 Å². The van der Waals surface area contributed by atoms with Gasteiger partial charge in [0, 0.05) is 12.4 Å². The van der Waals surface area contributed by atoms with E-state index in [-0.39, 0.29) is 5.97 Å². The molecule has 0 aromatic carbocycles. The van der Waals surface area contributed by atoms with Crippen LogP contribution in [0.25, 0.3) is 0 Å². The van der Waals surface area contributed by atoms with Crippen LogP contribution in [0, 0.1) is 0 Å². The van der Waals surface area contributed by atoms with Gasteiger partial charge in [0.2, 0.25) is 0 Å². The number of unbranched alkanes of at least 4 members (excludes halogenated alkanes) is 1. The fourth-order valence-electron chi connectivity index (χ4n) is 0.927. The Morgan fingerprint density at radius 1 is 1.53 bits per heavy atom. The maximum atomic E-state index is 11.1. The highest BCUT2D eigenvalue weighted by Crippen LogP contribution is 1.95. The Balaban J connectivity index is 3.79. The second kappa shape index (κ2) is 9.24. The van der Waals surface area contributed by atoms with Gasteiger partial charge >= 0.3 is 5.97 Å². The van der Waals surface area contributed by atoms with Crippen LogP contribution in [-0.2, 0) is 9.53 Å². The molecule has 0 spiro atoms. The number of hydrogen-bond donors (Lipinski definition) is 0. The van der Waals surface area contributed by atoms with Gasteiger partial charge in [0.1, 0.15) is 0 Å². The minimum Gasteiger partial charge on any atom is -0.466 e. The zero-order chi connectivity index (χ0) is 11.5.